The third-order valence-corrected chi connectivity index (χ3v) is 4.44. The summed E-state index contributed by atoms with van der Waals surface area (Å²) >= 11 is 0. The third-order valence-electron chi connectivity index (χ3n) is 4.44. The van der Waals surface area contributed by atoms with Gasteiger partial charge in [-0.3, -0.25) is 9.59 Å². The minimum absolute atomic E-state index is 0.0219. The van der Waals surface area contributed by atoms with Crippen LogP contribution in [0.5, 0.6) is 5.75 Å². The summed E-state index contributed by atoms with van der Waals surface area (Å²) in [4.78, 5) is 28.3. The number of amides is 2. The second kappa shape index (κ2) is 5.26. The SMILES string of the molecule is COc1cccn2ncc(C(=O)N3CC(=O)N(CC4CC4)C3)c12. The molecule has 4 rings (SSSR count). The molecule has 2 aromatic rings. The Labute approximate surface area is 133 Å². The average molecular weight is 314 g/mol. The van der Waals surface area contributed by atoms with E-state index in [0.29, 0.717) is 29.4 Å². The molecule has 1 saturated heterocycles. The fourth-order valence-electron chi connectivity index (χ4n) is 3.01. The highest BCUT2D eigenvalue weighted by atomic mass is 16.5. The van der Waals surface area contributed by atoms with Gasteiger partial charge in [-0.05, 0) is 30.9 Å². The normalized spacial score (nSPS) is 18.0. The van der Waals surface area contributed by atoms with Crippen molar-refractivity contribution in [3.8, 4) is 5.75 Å². The van der Waals surface area contributed by atoms with E-state index in [-0.39, 0.29) is 18.4 Å². The van der Waals surface area contributed by atoms with Crippen LogP contribution >= 0.6 is 0 Å². The van der Waals surface area contributed by atoms with Gasteiger partial charge in [0.2, 0.25) is 5.91 Å². The molecule has 2 aliphatic rings. The number of ether oxygens (including phenoxy) is 1. The second-order valence-corrected chi connectivity index (χ2v) is 6.13. The number of hydrogen-bond donors (Lipinski definition) is 0. The summed E-state index contributed by atoms with van der Waals surface area (Å²) in [6.45, 7) is 1.26. The molecular weight excluding hydrogens is 296 g/mol. The van der Waals surface area contributed by atoms with E-state index >= 15 is 0 Å². The monoisotopic (exact) mass is 314 g/mol. The van der Waals surface area contributed by atoms with E-state index in [9.17, 15) is 9.59 Å². The Morgan fingerprint density at radius 2 is 2.26 bits per heavy atom. The molecule has 2 aromatic heterocycles. The summed E-state index contributed by atoms with van der Waals surface area (Å²) in [5.41, 5.74) is 1.09. The molecule has 7 heteroatoms. The van der Waals surface area contributed by atoms with E-state index in [2.05, 4.69) is 5.10 Å². The second-order valence-electron chi connectivity index (χ2n) is 6.13. The van der Waals surface area contributed by atoms with Crippen molar-refractivity contribution in [2.75, 3.05) is 26.9 Å². The Balaban J connectivity index is 1.61. The summed E-state index contributed by atoms with van der Waals surface area (Å²) in [6.07, 6.45) is 5.67. The van der Waals surface area contributed by atoms with Crippen LogP contribution in [0.25, 0.3) is 5.52 Å². The van der Waals surface area contributed by atoms with E-state index in [4.69, 9.17) is 4.74 Å². The number of methoxy groups -OCH3 is 1. The number of carbonyl (C=O) groups is 2. The Morgan fingerprint density at radius 1 is 1.43 bits per heavy atom. The van der Waals surface area contributed by atoms with Gasteiger partial charge in [-0.15, -0.1) is 0 Å². The van der Waals surface area contributed by atoms with Crippen molar-refractivity contribution in [1.29, 1.82) is 0 Å². The molecule has 0 bridgehead atoms. The van der Waals surface area contributed by atoms with Crippen LogP contribution in [0.3, 0.4) is 0 Å². The van der Waals surface area contributed by atoms with Crippen LogP contribution in [0.1, 0.15) is 23.2 Å². The molecule has 7 nitrogen and oxygen atoms in total. The van der Waals surface area contributed by atoms with Gasteiger partial charge < -0.3 is 14.5 Å². The summed E-state index contributed by atoms with van der Waals surface area (Å²) < 4.78 is 6.95. The predicted octanol–water partition coefficient (Wildman–Crippen LogP) is 0.995. The number of nitrogens with zero attached hydrogens (tertiary/aromatic N) is 4. The lowest BCUT2D eigenvalue weighted by Gasteiger charge is -2.17. The Morgan fingerprint density at radius 3 is 3.00 bits per heavy atom. The largest absolute Gasteiger partial charge is 0.494 e. The number of hydrogen-bond acceptors (Lipinski definition) is 4. The Kier molecular flexibility index (Phi) is 3.21. The summed E-state index contributed by atoms with van der Waals surface area (Å²) in [7, 11) is 1.56. The maximum absolute atomic E-state index is 12.8. The van der Waals surface area contributed by atoms with Crippen LogP contribution in [0.15, 0.2) is 24.5 Å². The zero-order chi connectivity index (χ0) is 16.0. The first kappa shape index (κ1) is 14.0. The molecule has 0 aromatic carbocycles. The molecule has 3 heterocycles. The zero-order valence-electron chi connectivity index (χ0n) is 12.9. The molecule has 1 aliphatic heterocycles. The van der Waals surface area contributed by atoms with E-state index in [1.807, 2.05) is 6.07 Å². The van der Waals surface area contributed by atoms with Gasteiger partial charge in [-0.25, -0.2) is 4.52 Å². The van der Waals surface area contributed by atoms with Gasteiger partial charge in [-0.2, -0.15) is 5.10 Å². The van der Waals surface area contributed by atoms with Crippen LogP contribution in [0.2, 0.25) is 0 Å². The minimum atomic E-state index is -0.184. The van der Waals surface area contributed by atoms with Crippen molar-refractivity contribution in [3.05, 3.63) is 30.1 Å². The van der Waals surface area contributed by atoms with Crippen molar-refractivity contribution < 1.29 is 14.3 Å². The van der Waals surface area contributed by atoms with Crippen molar-refractivity contribution in [2.45, 2.75) is 12.8 Å². The highest BCUT2D eigenvalue weighted by Crippen LogP contribution is 2.31. The fraction of sp³-hybridized carbons (Fsp3) is 0.438. The van der Waals surface area contributed by atoms with E-state index in [1.165, 1.54) is 19.0 Å². The van der Waals surface area contributed by atoms with E-state index in [0.717, 1.165) is 6.54 Å². The molecule has 0 radical (unpaired) electrons. The fourth-order valence-corrected chi connectivity index (χ4v) is 3.01. The number of pyridine rings is 1. The lowest BCUT2D eigenvalue weighted by molar-refractivity contribution is -0.126. The highest BCUT2D eigenvalue weighted by molar-refractivity contribution is 6.04. The average Bonchev–Trinajstić information content (AvgIpc) is 3.15. The van der Waals surface area contributed by atoms with Crippen LogP contribution in [-0.2, 0) is 4.79 Å². The Hall–Kier alpha value is -2.57. The van der Waals surface area contributed by atoms with Crippen LogP contribution < -0.4 is 4.74 Å². The number of carbonyl (C=O) groups excluding carboxylic acids is 2. The number of aromatic nitrogens is 2. The van der Waals surface area contributed by atoms with Gasteiger partial charge in [0, 0.05) is 12.7 Å². The van der Waals surface area contributed by atoms with Crippen LogP contribution in [0.4, 0.5) is 0 Å². The van der Waals surface area contributed by atoms with Crippen molar-refractivity contribution in [2.24, 2.45) is 5.92 Å². The quantitative estimate of drug-likeness (QED) is 0.844. The van der Waals surface area contributed by atoms with Crippen molar-refractivity contribution >= 4 is 17.3 Å². The predicted molar refractivity (Wildman–Crippen MR) is 82.1 cm³/mol. The first-order valence-electron chi connectivity index (χ1n) is 7.75. The molecule has 0 N–H and O–H groups in total. The van der Waals surface area contributed by atoms with E-state index in [1.54, 1.807) is 33.7 Å². The smallest absolute Gasteiger partial charge is 0.259 e. The maximum atomic E-state index is 12.8. The molecule has 0 atom stereocenters. The summed E-state index contributed by atoms with van der Waals surface area (Å²) in [6, 6.07) is 3.60. The Bertz CT molecular complexity index is 781. The number of rotatable bonds is 4. The van der Waals surface area contributed by atoms with Crippen LogP contribution in [0, 0.1) is 5.92 Å². The lowest BCUT2D eigenvalue weighted by Crippen LogP contribution is -2.32. The first-order chi connectivity index (χ1) is 11.2. The van der Waals surface area contributed by atoms with Crippen molar-refractivity contribution in [1.82, 2.24) is 19.4 Å². The standard InChI is InChI=1S/C16H18N4O3/c1-23-13-3-2-6-20-15(13)12(7-17-20)16(22)19-9-14(21)18(10-19)8-11-4-5-11/h2-3,6-7,11H,4-5,8-10H2,1H3. The summed E-state index contributed by atoms with van der Waals surface area (Å²) in [5.74, 6) is 1.05. The van der Waals surface area contributed by atoms with Crippen LogP contribution in [-0.4, -0.2) is 58.1 Å². The van der Waals surface area contributed by atoms with Gasteiger partial charge in [0.25, 0.3) is 5.91 Å². The third kappa shape index (κ3) is 2.42. The number of fused-ring (bicyclic) bond motifs is 1. The first-order valence-corrected chi connectivity index (χ1v) is 7.75. The molecule has 120 valence electrons. The minimum Gasteiger partial charge on any atom is -0.494 e. The van der Waals surface area contributed by atoms with Gasteiger partial charge >= 0.3 is 0 Å². The highest BCUT2D eigenvalue weighted by Gasteiger charge is 2.35. The zero-order valence-corrected chi connectivity index (χ0v) is 12.9. The maximum Gasteiger partial charge on any atom is 0.259 e. The molecule has 0 spiro atoms. The molecule has 1 saturated carbocycles. The van der Waals surface area contributed by atoms with E-state index < -0.39 is 0 Å². The lowest BCUT2D eigenvalue weighted by atomic mass is 10.2. The molecule has 2 amide bonds. The van der Waals surface area contributed by atoms with Gasteiger partial charge in [0.15, 0.2) is 0 Å². The topological polar surface area (TPSA) is 67.2 Å². The molecule has 23 heavy (non-hydrogen) atoms. The van der Waals surface area contributed by atoms with Gasteiger partial charge in [0.05, 0.1) is 25.5 Å². The van der Waals surface area contributed by atoms with Gasteiger partial charge in [0.1, 0.15) is 17.8 Å². The van der Waals surface area contributed by atoms with Gasteiger partial charge in [-0.1, -0.05) is 0 Å². The molecular formula is C16H18N4O3. The molecule has 1 aliphatic carbocycles. The molecule has 0 unspecified atom stereocenters. The molecule has 2 fully saturated rings. The summed E-state index contributed by atoms with van der Waals surface area (Å²) in [5, 5.41) is 4.21. The van der Waals surface area contributed by atoms with Crippen molar-refractivity contribution in [3.63, 3.8) is 0 Å².